The van der Waals surface area contributed by atoms with E-state index in [9.17, 15) is 5.26 Å². The summed E-state index contributed by atoms with van der Waals surface area (Å²) in [6, 6.07) is 18.2. The van der Waals surface area contributed by atoms with Gasteiger partial charge in [-0.2, -0.15) is 5.26 Å². The summed E-state index contributed by atoms with van der Waals surface area (Å²) < 4.78 is 5.18. The monoisotopic (exact) mass is 375 g/mol. The topological polar surface area (TPSA) is 57.9 Å². The third-order valence-corrected chi connectivity index (χ3v) is 5.08. The lowest BCUT2D eigenvalue weighted by Crippen LogP contribution is -1.92. The molecule has 0 bridgehead atoms. The minimum absolute atomic E-state index is 0.496. The third-order valence-electron chi connectivity index (χ3n) is 4.20. The van der Waals surface area contributed by atoms with E-state index >= 15 is 0 Å². The number of aromatic nitrogens is 1. The predicted octanol–water partition coefficient (Wildman–Crippen LogP) is 5.92. The molecule has 3 rings (SSSR count). The van der Waals surface area contributed by atoms with Gasteiger partial charge in [0.15, 0.2) is 0 Å². The number of hydrogen-bond acceptors (Lipinski definition) is 5. The zero-order valence-electron chi connectivity index (χ0n) is 15.6. The second-order valence-electron chi connectivity index (χ2n) is 6.36. The van der Waals surface area contributed by atoms with E-state index in [1.54, 1.807) is 13.3 Å². The van der Waals surface area contributed by atoms with Crippen molar-refractivity contribution in [2.24, 2.45) is 0 Å². The summed E-state index contributed by atoms with van der Waals surface area (Å²) in [5.74, 6) is 1.30. The smallest absolute Gasteiger partial charge is 0.136 e. The van der Waals surface area contributed by atoms with Crippen LogP contribution in [-0.4, -0.2) is 12.1 Å². The highest BCUT2D eigenvalue weighted by molar-refractivity contribution is 7.11. The zero-order chi connectivity index (χ0) is 19.2. The number of nitrogens with one attached hydrogen (secondary N) is 1. The second-order valence-corrected chi connectivity index (χ2v) is 7.22. The van der Waals surface area contributed by atoms with Gasteiger partial charge in [-0.05, 0) is 47.9 Å². The van der Waals surface area contributed by atoms with Crippen molar-refractivity contribution < 1.29 is 4.74 Å². The molecule has 0 saturated heterocycles. The molecule has 0 amide bonds. The van der Waals surface area contributed by atoms with Crippen molar-refractivity contribution in [3.05, 3.63) is 70.7 Å². The minimum atomic E-state index is 0.496. The van der Waals surface area contributed by atoms with Crippen molar-refractivity contribution in [2.75, 3.05) is 12.4 Å². The molecule has 2 aromatic carbocycles. The molecule has 0 radical (unpaired) electrons. The van der Waals surface area contributed by atoms with E-state index in [1.165, 1.54) is 16.9 Å². The van der Waals surface area contributed by atoms with Gasteiger partial charge in [-0.25, -0.2) is 4.98 Å². The molecule has 0 saturated carbocycles. The van der Waals surface area contributed by atoms with Gasteiger partial charge < -0.3 is 10.1 Å². The first-order valence-electron chi connectivity index (χ1n) is 8.68. The van der Waals surface area contributed by atoms with Crippen molar-refractivity contribution in [3.8, 4) is 23.1 Å². The molecule has 0 aliphatic carbocycles. The maximum Gasteiger partial charge on any atom is 0.136 e. The Bertz CT molecular complexity index is 964. The molecule has 4 nitrogen and oxygen atoms in total. The Balaban J connectivity index is 1.76. The highest BCUT2D eigenvalue weighted by Gasteiger charge is 2.09. The summed E-state index contributed by atoms with van der Waals surface area (Å²) in [6.07, 6.45) is 1.71. The van der Waals surface area contributed by atoms with Gasteiger partial charge in [-0.15, -0.1) is 11.3 Å². The van der Waals surface area contributed by atoms with Crippen LogP contribution in [0.4, 0.5) is 5.69 Å². The summed E-state index contributed by atoms with van der Waals surface area (Å²) in [5, 5.41) is 15.4. The van der Waals surface area contributed by atoms with Crippen LogP contribution in [0.2, 0.25) is 0 Å². The number of benzene rings is 2. The normalized spacial score (nSPS) is 11.3. The van der Waals surface area contributed by atoms with Crippen LogP contribution in [0.15, 0.2) is 60.1 Å². The standard InChI is InChI=1S/C22H21N3OS/c1-15(2)16-4-8-19(9-5-16)24-13-18(12-23)22-25-21(14-27-22)17-6-10-20(26-3)11-7-17/h4-11,13-15,24H,1-3H3. The molecule has 3 aromatic rings. The summed E-state index contributed by atoms with van der Waals surface area (Å²) in [6.45, 7) is 4.33. The molecule has 0 atom stereocenters. The van der Waals surface area contributed by atoms with E-state index in [2.05, 4.69) is 42.4 Å². The van der Waals surface area contributed by atoms with Crippen molar-refractivity contribution in [1.29, 1.82) is 5.26 Å². The van der Waals surface area contributed by atoms with E-state index in [0.717, 1.165) is 22.7 Å². The van der Waals surface area contributed by atoms with E-state index in [1.807, 2.05) is 41.8 Å². The van der Waals surface area contributed by atoms with Gasteiger partial charge in [0.05, 0.1) is 12.8 Å². The number of methoxy groups -OCH3 is 1. The minimum Gasteiger partial charge on any atom is -0.497 e. The molecule has 0 aliphatic heterocycles. The molecule has 0 aliphatic rings. The summed E-state index contributed by atoms with van der Waals surface area (Å²) in [7, 11) is 1.64. The maximum absolute atomic E-state index is 9.51. The Morgan fingerprint density at radius 1 is 1.15 bits per heavy atom. The number of thiazole rings is 1. The van der Waals surface area contributed by atoms with Gasteiger partial charge in [-0.1, -0.05) is 26.0 Å². The van der Waals surface area contributed by atoms with Crippen molar-refractivity contribution in [2.45, 2.75) is 19.8 Å². The largest absolute Gasteiger partial charge is 0.497 e. The van der Waals surface area contributed by atoms with E-state index in [0.29, 0.717) is 16.5 Å². The molecule has 0 unspecified atom stereocenters. The molecule has 1 heterocycles. The second kappa shape index (κ2) is 8.52. The zero-order valence-corrected chi connectivity index (χ0v) is 16.4. The van der Waals surface area contributed by atoms with Gasteiger partial charge in [0.25, 0.3) is 0 Å². The average molecular weight is 375 g/mol. The molecular formula is C22H21N3OS. The van der Waals surface area contributed by atoms with Gasteiger partial charge in [0.2, 0.25) is 0 Å². The van der Waals surface area contributed by atoms with Gasteiger partial charge in [0, 0.05) is 22.8 Å². The molecule has 0 spiro atoms. The summed E-state index contributed by atoms with van der Waals surface area (Å²) >= 11 is 1.46. The Kier molecular flexibility index (Phi) is 5.90. The number of anilines is 1. The number of hydrogen-bond donors (Lipinski definition) is 1. The summed E-state index contributed by atoms with van der Waals surface area (Å²) in [4.78, 5) is 4.60. The fourth-order valence-corrected chi connectivity index (χ4v) is 3.35. The van der Waals surface area contributed by atoms with Crippen LogP contribution in [-0.2, 0) is 0 Å². The van der Waals surface area contributed by atoms with Gasteiger partial charge in [-0.3, -0.25) is 0 Å². The summed E-state index contributed by atoms with van der Waals surface area (Å²) in [5.41, 5.74) is 4.58. The lowest BCUT2D eigenvalue weighted by molar-refractivity contribution is 0.415. The SMILES string of the molecule is COc1ccc(-c2csc(C(C#N)=CNc3ccc(C(C)C)cc3)n2)cc1. The van der Waals surface area contributed by atoms with Crippen molar-refractivity contribution in [3.63, 3.8) is 0 Å². The van der Waals surface area contributed by atoms with Crippen LogP contribution in [0.1, 0.15) is 30.3 Å². The Morgan fingerprint density at radius 3 is 2.44 bits per heavy atom. The fourth-order valence-electron chi connectivity index (χ4n) is 2.55. The van der Waals surface area contributed by atoms with E-state index in [-0.39, 0.29) is 0 Å². The highest BCUT2D eigenvalue weighted by atomic mass is 32.1. The first-order valence-corrected chi connectivity index (χ1v) is 9.55. The Hall–Kier alpha value is -3.10. The number of nitrogens with zero attached hydrogens (tertiary/aromatic N) is 2. The first kappa shape index (κ1) is 18.7. The quantitative estimate of drug-likeness (QED) is 0.543. The van der Waals surface area contributed by atoms with Crippen molar-refractivity contribution in [1.82, 2.24) is 4.98 Å². The highest BCUT2D eigenvalue weighted by Crippen LogP contribution is 2.27. The Labute approximate surface area is 163 Å². The lowest BCUT2D eigenvalue weighted by Gasteiger charge is -2.06. The van der Waals surface area contributed by atoms with Crippen LogP contribution in [0.5, 0.6) is 5.75 Å². The van der Waals surface area contributed by atoms with E-state index in [4.69, 9.17) is 4.74 Å². The fraction of sp³-hybridized carbons (Fsp3) is 0.182. The molecule has 0 fully saturated rings. The van der Waals surface area contributed by atoms with Crippen molar-refractivity contribution >= 4 is 22.6 Å². The molecule has 1 N–H and O–H groups in total. The molecule has 1 aromatic heterocycles. The third kappa shape index (κ3) is 4.55. The molecular weight excluding hydrogens is 354 g/mol. The van der Waals surface area contributed by atoms with Gasteiger partial charge in [0.1, 0.15) is 22.4 Å². The number of ether oxygens (including phenoxy) is 1. The number of nitriles is 1. The average Bonchev–Trinajstić information content (AvgIpc) is 3.19. The molecule has 136 valence electrons. The molecule has 27 heavy (non-hydrogen) atoms. The molecule has 5 heteroatoms. The van der Waals surface area contributed by atoms with Crippen LogP contribution in [0, 0.1) is 11.3 Å². The van der Waals surface area contributed by atoms with Crippen LogP contribution >= 0.6 is 11.3 Å². The van der Waals surface area contributed by atoms with E-state index < -0.39 is 0 Å². The lowest BCUT2D eigenvalue weighted by atomic mass is 10.0. The maximum atomic E-state index is 9.51. The number of rotatable bonds is 6. The predicted molar refractivity (Wildman–Crippen MR) is 112 cm³/mol. The number of allylic oxidation sites excluding steroid dienone is 1. The van der Waals surface area contributed by atoms with Crippen LogP contribution < -0.4 is 10.1 Å². The van der Waals surface area contributed by atoms with Gasteiger partial charge >= 0.3 is 0 Å². The Morgan fingerprint density at radius 2 is 1.85 bits per heavy atom. The first-order chi connectivity index (χ1) is 13.1. The van der Waals surface area contributed by atoms with Crippen LogP contribution in [0.3, 0.4) is 0 Å². The van der Waals surface area contributed by atoms with Crippen LogP contribution in [0.25, 0.3) is 16.8 Å².